The average molecular weight is 206 g/mol. The second-order valence-electron chi connectivity index (χ2n) is 4.24. The molecule has 0 spiro atoms. The van der Waals surface area contributed by atoms with E-state index in [1.165, 1.54) is 12.1 Å². The topological polar surface area (TPSA) is 17.1 Å². The van der Waals surface area contributed by atoms with Gasteiger partial charge in [-0.15, -0.1) is 0 Å². The van der Waals surface area contributed by atoms with Crippen LogP contribution in [0.4, 0.5) is 4.39 Å². The average Bonchev–Trinajstić information content (AvgIpc) is 2.25. The van der Waals surface area contributed by atoms with E-state index in [4.69, 9.17) is 0 Å². The second kappa shape index (κ2) is 4.56. The summed E-state index contributed by atoms with van der Waals surface area (Å²) in [6.45, 7) is 0. The Balaban J connectivity index is 2.01. The van der Waals surface area contributed by atoms with Crippen molar-refractivity contribution in [1.82, 2.24) is 0 Å². The van der Waals surface area contributed by atoms with Crippen LogP contribution in [-0.2, 0) is 11.2 Å². The van der Waals surface area contributed by atoms with Gasteiger partial charge in [0.05, 0.1) is 0 Å². The molecule has 2 heteroatoms. The van der Waals surface area contributed by atoms with E-state index < -0.39 is 0 Å². The molecule has 1 aromatic carbocycles. The fraction of sp³-hybridized carbons (Fsp3) is 0.462. The van der Waals surface area contributed by atoms with E-state index in [1.54, 1.807) is 12.1 Å². The fourth-order valence-electron chi connectivity index (χ4n) is 2.18. The Morgan fingerprint density at radius 2 is 1.93 bits per heavy atom. The van der Waals surface area contributed by atoms with E-state index in [2.05, 4.69) is 0 Å². The molecule has 1 aliphatic carbocycles. The molecule has 0 aromatic heterocycles. The van der Waals surface area contributed by atoms with Crippen molar-refractivity contribution in [3.05, 3.63) is 35.6 Å². The molecule has 1 fully saturated rings. The van der Waals surface area contributed by atoms with Gasteiger partial charge in [-0.25, -0.2) is 4.39 Å². The molecule has 1 atom stereocenters. The lowest BCUT2D eigenvalue weighted by molar-refractivity contribution is -0.124. The Labute approximate surface area is 89.3 Å². The third-order valence-corrected chi connectivity index (χ3v) is 3.08. The van der Waals surface area contributed by atoms with Gasteiger partial charge in [0.15, 0.2) is 0 Å². The second-order valence-corrected chi connectivity index (χ2v) is 4.24. The van der Waals surface area contributed by atoms with Gasteiger partial charge in [0.25, 0.3) is 0 Å². The van der Waals surface area contributed by atoms with Gasteiger partial charge < -0.3 is 0 Å². The third-order valence-electron chi connectivity index (χ3n) is 3.08. The number of halogens is 1. The Hall–Kier alpha value is -1.18. The molecule has 0 radical (unpaired) electrons. The summed E-state index contributed by atoms with van der Waals surface area (Å²) in [5.74, 6) is 0.337. The minimum atomic E-state index is -0.214. The molecule has 1 saturated carbocycles. The summed E-state index contributed by atoms with van der Waals surface area (Å²) in [7, 11) is 0. The molecule has 1 aromatic rings. The molecule has 0 unspecified atom stereocenters. The maximum atomic E-state index is 12.7. The zero-order valence-corrected chi connectivity index (χ0v) is 8.71. The van der Waals surface area contributed by atoms with Crippen LogP contribution in [0.2, 0.25) is 0 Å². The lowest BCUT2D eigenvalue weighted by atomic mass is 9.84. The maximum Gasteiger partial charge on any atom is 0.136 e. The molecule has 15 heavy (non-hydrogen) atoms. The molecular formula is C13H15FO. The van der Waals surface area contributed by atoms with Crippen LogP contribution in [0.25, 0.3) is 0 Å². The molecule has 0 saturated heterocycles. The highest BCUT2D eigenvalue weighted by Gasteiger charge is 2.21. The summed E-state index contributed by atoms with van der Waals surface area (Å²) < 4.78 is 12.7. The Kier molecular flexibility index (Phi) is 3.14. The summed E-state index contributed by atoms with van der Waals surface area (Å²) in [5, 5.41) is 0. The van der Waals surface area contributed by atoms with Gasteiger partial charge in [-0.05, 0) is 37.0 Å². The summed E-state index contributed by atoms with van der Waals surface area (Å²) in [4.78, 5) is 11.6. The number of hydrogen-bond acceptors (Lipinski definition) is 1. The molecule has 0 heterocycles. The molecule has 80 valence electrons. The molecule has 0 N–H and O–H groups in total. The van der Waals surface area contributed by atoms with Crippen molar-refractivity contribution < 1.29 is 9.18 Å². The van der Waals surface area contributed by atoms with Crippen molar-refractivity contribution in [2.24, 2.45) is 5.92 Å². The van der Waals surface area contributed by atoms with E-state index in [0.717, 1.165) is 37.7 Å². The third kappa shape index (κ3) is 2.65. The minimum Gasteiger partial charge on any atom is -0.299 e. The van der Waals surface area contributed by atoms with Gasteiger partial charge in [0.2, 0.25) is 0 Å². The molecule has 1 nitrogen and oxygen atoms in total. The zero-order valence-electron chi connectivity index (χ0n) is 8.71. The van der Waals surface area contributed by atoms with Crippen LogP contribution < -0.4 is 0 Å². The fourth-order valence-corrected chi connectivity index (χ4v) is 2.18. The summed E-state index contributed by atoms with van der Waals surface area (Å²) in [6.07, 6.45) is 4.69. The van der Waals surface area contributed by atoms with E-state index in [1.807, 2.05) is 0 Å². The van der Waals surface area contributed by atoms with Crippen molar-refractivity contribution in [3.63, 3.8) is 0 Å². The molecule has 0 amide bonds. The van der Waals surface area contributed by atoms with Gasteiger partial charge in [-0.2, -0.15) is 0 Å². The summed E-state index contributed by atoms with van der Waals surface area (Å²) >= 11 is 0. The number of carbonyl (C=O) groups is 1. The molecule has 0 aliphatic heterocycles. The van der Waals surface area contributed by atoms with Gasteiger partial charge in [-0.3, -0.25) is 4.79 Å². The molecule has 1 aliphatic rings. The van der Waals surface area contributed by atoms with Crippen LogP contribution in [0.15, 0.2) is 24.3 Å². The van der Waals surface area contributed by atoms with Crippen LogP contribution in [0.1, 0.15) is 31.2 Å². The van der Waals surface area contributed by atoms with Crippen molar-refractivity contribution in [2.75, 3.05) is 0 Å². The number of benzene rings is 1. The molecule has 2 rings (SSSR count). The number of rotatable bonds is 2. The first-order valence-electron chi connectivity index (χ1n) is 5.53. The van der Waals surface area contributed by atoms with E-state index in [9.17, 15) is 9.18 Å². The van der Waals surface area contributed by atoms with Gasteiger partial charge >= 0.3 is 0 Å². The lowest BCUT2D eigenvalue weighted by Crippen LogP contribution is -2.20. The van der Waals surface area contributed by atoms with Crippen LogP contribution in [0, 0.1) is 11.7 Å². The highest BCUT2D eigenvalue weighted by molar-refractivity contribution is 5.81. The van der Waals surface area contributed by atoms with Crippen LogP contribution in [-0.4, -0.2) is 5.78 Å². The van der Waals surface area contributed by atoms with Crippen molar-refractivity contribution >= 4 is 5.78 Å². The van der Waals surface area contributed by atoms with Crippen LogP contribution in [0.5, 0.6) is 0 Å². The highest BCUT2D eigenvalue weighted by atomic mass is 19.1. The Morgan fingerprint density at radius 1 is 1.20 bits per heavy atom. The standard InChI is InChI=1S/C13H15FO/c14-12-7-5-10(6-8-12)9-11-3-1-2-4-13(11)15/h5-8,11H,1-4,9H2/t11-/m0/s1. The van der Waals surface area contributed by atoms with Crippen LogP contribution in [0.3, 0.4) is 0 Å². The van der Waals surface area contributed by atoms with E-state index >= 15 is 0 Å². The van der Waals surface area contributed by atoms with Crippen LogP contribution >= 0.6 is 0 Å². The monoisotopic (exact) mass is 206 g/mol. The van der Waals surface area contributed by atoms with Gasteiger partial charge in [0, 0.05) is 12.3 Å². The Bertz CT molecular complexity index is 342. The first kappa shape index (κ1) is 10.3. The number of hydrogen-bond donors (Lipinski definition) is 0. The Morgan fingerprint density at radius 3 is 2.60 bits per heavy atom. The molecule has 0 bridgehead atoms. The summed E-state index contributed by atoms with van der Waals surface area (Å²) in [5.41, 5.74) is 1.07. The first-order valence-corrected chi connectivity index (χ1v) is 5.53. The minimum absolute atomic E-state index is 0.171. The van der Waals surface area contributed by atoms with E-state index in [-0.39, 0.29) is 11.7 Å². The predicted octanol–water partition coefficient (Wildman–Crippen LogP) is 3.13. The number of ketones is 1. The number of Topliss-reactive ketones (excluding diaryl/α,β-unsaturated/α-hetero) is 1. The highest BCUT2D eigenvalue weighted by Crippen LogP contribution is 2.24. The largest absolute Gasteiger partial charge is 0.299 e. The number of carbonyl (C=O) groups excluding carboxylic acids is 1. The predicted molar refractivity (Wildman–Crippen MR) is 57.1 cm³/mol. The zero-order chi connectivity index (χ0) is 10.7. The molecular weight excluding hydrogens is 191 g/mol. The van der Waals surface area contributed by atoms with Crippen molar-refractivity contribution in [1.29, 1.82) is 0 Å². The smallest absolute Gasteiger partial charge is 0.136 e. The van der Waals surface area contributed by atoms with Crippen molar-refractivity contribution in [3.8, 4) is 0 Å². The van der Waals surface area contributed by atoms with Gasteiger partial charge in [-0.1, -0.05) is 18.6 Å². The SMILES string of the molecule is O=C1CCCC[C@H]1Cc1ccc(F)cc1. The quantitative estimate of drug-likeness (QED) is 0.726. The van der Waals surface area contributed by atoms with E-state index in [0.29, 0.717) is 5.78 Å². The van der Waals surface area contributed by atoms with Gasteiger partial charge in [0.1, 0.15) is 11.6 Å². The lowest BCUT2D eigenvalue weighted by Gasteiger charge is -2.20. The summed E-state index contributed by atoms with van der Waals surface area (Å²) in [6, 6.07) is 6.47. The maximum absolute atomic E-state index is 12.7. The normalized spacial score (nSPS) is 21.7. The van der Waals surface area contributed by atoms with Crippen molar-refractivity contribution in [2.45, 2.75) is 32.1 Å². The first-order chi connectivity index (χ1) is 7.25.